The van der Waals surface area contributed by atoms with E-state index >= 15 is 0 Å². The molecule has 0 saturated heterocycles. The van der Waals surface area contributed by atoms with Crippen LogP contribution in [0, 0.1) is 43.3 Å². The Bertz CT molecular complexity index is 1680. The number of nitriles is 1. The van der Waals surface area contributed by atoms with Gasteiger partial charge in [-0.15, -0.1) is 0 Å². The van der Waals surface area contributed by atoms with Crippen LogP contribution in [0.1, 0.15) is 60.4 Å². The zero-order valence-electron chi connectivity index (χ0n) is 23.9. The van der Waals surface area contributed by atoms with Crippen molar-refractivity contribution in [2.45, 2.75) is 60.0 Å². The minimum absolute atomic E-state index is 0.0240. The molecule has 7 heteroatoms. The molecular weight excluding hydrogens is 537 g/mol. The van der Waals surface area contributed by atoms with Gasteiger partial charge in [-0.1, -0.05) is 55.3 Å². The number of nitrogens with two attached hydrogens (primary N) is 1. The largest absolute Gasteiger partial charge is 0.487 e. The smallest absolute Gasteiger partial charge is 0.162 e. The number of allylic oxidation sites excluding steroid dienone is 3. The van der Waals surface area contributed by atoms with Gasteiger partial charge in [-0.25, -0.2) is 4.39 Å². The summed E-state index contributed by atoms with van der Waals surface area (Å²) in [4.78, 5) is 15.9. The molecule has 0 spiro atoms. The summed E-state index contributed by atoms with van der Waals surface area (Å²) in [7, 11) is 0. The zero-order chi connectivity index (χ0) is 29.6. The molecule has 210 valence electrons. The van der Waals surface area contributed by atoms with Gasteiger partial charge in [0.1, 0.15) is 24.0 Å². The van der Waals surface area contributed by atoms with Crippen molar-refractivity contribution in [3.05, 3.63) is 116 Å². The first-order valence-electron chi connectivity index (χ1n) is 13.6. The van der Waals surface area contributed by atoms with E-state index in [1.54, 1.807) is 0 Å². The van der Waals surface area contributed by atoms with E-state index in [0.29, 0.717) is 35.6 Å². The van der Waals surface area contributed by atoms with Crippen molar-refractivity contribution >= 4 is 23.1 Å². The zero-order valence-corrected chi connectivity index (χ0v) is 24.7. The van der Waals surface area contributed by atoms with Crippen LogP contribution in [0.2, 0.25) is 5.02 Å². The topological polar surface area (TPSA) is 79.3 Å². The molecule has 3 aromatic carbocycles. The van der Waals surface area contributed by atoms with Crippen molar-refractivity contribution in [3.8, 4) is 11.8 Å². The normalized spacial score (nSPS) is 18.3. The molecular formula is C34H33ClFN3O2. The predicted molar refractivity (Wildman–Crippen MR) is 160 cm³/mol. The molecule has 0 amide bonds. The Morgan fingerprint density at radius 1 is 1.10 bits per heavy atom. The van der Waals surface area contributed by atoms with E-state index in [2.05, 4.69) is 19.9 Å². The molecule has 3 aromatic rings. The van der Waals surface area contributed by atoms with E-state index in [1.165, 1.54) is 18.2 Å². The minimum Gasteiger partial charge on any atom is -0.487 e. The summed E-state index contributed by atoms with van der Waals surface area (Å²) < 4.78 is 19.5. The summed E-state index contributed by atoms with van der Waals surface area (Å²) in [6, 6.07) is 18.4. The van der Waals surface area contributed by atoms with Crippen molar-refractivity contribution < 1.29 is 13.9 Å². The number of hydrogen-bond acceptors (Lipinski definition) is 5. The standard InChI is InChI=1S/C34H33ClFN3O2/c1-19-7-6-8-24(12-19)39-28-15-34(4,5)16-29(40)32(28)31(26(17-37)33(39)38)25-13-20(2)11-22(21(25)3)18-41-30-10-9-23(36)14-27(30)35/h6-14,31H,15-16,18,38H2,1-5H3. The second-order valence-electron chi connectivity index (χ2n) is 11.8. The molecule has 0 fully saturated rings. The van der Waals surface area contributed by atoms with Crippen molar-refractivity contribution in [2.75, 3.05) is 4.90 Å². The van der Waals surface area contributed by atoms with E-state index in [-0.39, 0.29) is 22.8 Å². The average molecular weight is 570 g/mol. The van der Waals surface area contributed by atoms with E-state index < -0.39 is 11.7 Å². The van der Waals surface area contributed by atoms with Crippen LogP contribution < -0.4 is 15.4 Å². The maximum absolute atomic E-state index is 14.0. The van der Waals surface area contributed by atoms with Crippen molar-refractivity contribution in [3.63, 3.8) is 0 Å². The number of hydrogen-bond donors (Lipinski definition) is 1. The summed E-state index contributed by atoms with van der Waals surface area (Å²) in [5.74, 6) is -0.308. The number of rotatable bonds is 5. The Hall–Kier alpha value is -4.08. The molecule has 1 heterocycles. The van der Waals surface area contributed by atoms with Crippen LogP contribution >= 0.6 is 11.6 Å². The summed E-state index contributed by atoms with van der Waals surface area (Å²) in [6.45, 7) is 10.3. The predicted octanol–water partition coefficient (Wildman–Crippen LogP) is 7.92. The van der Waals surface area contributed by atoms with Crippen molar-refractivity contribution in [1.82, 2.24) is 0 Å². The van der Waals surface area contributed by atoms with Crippen LogP contribution in [0.4, 0.5) is 10.1 Å². The van der Waals surface area contributed by atoms with Crippen LogP contribution in [-0.2, 0) is 11.4 Å². The first kappa shape index (κ1) is 28.4. The van der Waals surface area contributed by atoms with Crippen LogP contribution in [0.5, 0.6) is 5.75 Å². The lowest BCUT2D eigenvalue weighted by atomic mass is 9.68. The van der Waals surface area contributed by atoms with E-state index in [0.717, 1.165) is 39.2 Å². The molecule has 2 aliphatic rings. The molecule has 0 radical (unpaired) electrons. The molecule has 1 aliphatic carbocycles. The molecule has 1 atom stereocenters. The Kier molecular flexibility index (Phi) is 7.44. The van der Waals surface area contributed by atoms with Crippen molar-refractivity contribution in [1.29, 1.82) is 5.26 Å². The first-order chi connectivity index (χ1) is 19.4. The maximum Gasteiger partial charge on any atom is 0.162 e. The highest BCUT2D eigenvalue weighted by Crippen LogP contribution is 2.51. The van der Waals surface area contributed by atoms with Gasteiger partial charge >= 0.3 is 0 Å². The molecule has 1 aliphatic heterocycles. The Labute approximate surface area is 245 Å². The van der Waals surface area contributed by atoms with Crippen molar-refractivity contribution in [2.24, 2.45) is 11.1 Å². The minimum atomic E-state index is -0.604. The Morgan fingerprint density at radius 3 is 2.54 bits per heavy atom. The summed E-state index contributed by atoms with van der Waals surface area (Å²) in [6.07, 6.45) is 1.02. The second-order valence-corrected chi connectivity index (χ2v) is 12.2. The number of anilines is 1. The van der Waals surface area contributed by atoms with Gasteiger partial charge in [0.15, 0.2) is 5.78 Å². The molecule has 1 unspecified atom stereocenters. The van der Waals surface area contributed by atoms with Gasteiger partial charge in [-0.2, -0.15) is 5.26 Å². The number of carbonyl (C=O) groups excluding carboxylic acids is 1. The van der Waals surface area contributed by atoms with Crippen LogP contribution in [0.15, 0.2) is 77.3 Å². The third-order valence-corrected chi connectivity index (χ3v) is 8.22. The molecule has 2 N–H and O–H groups in total. The van der Waals surface area contributed by atoms with Gasteiger partial charge in [-0.3, -0.25) is 9.69 Å². The lowest BCUT2D eigenvalue weighted by molar-refractivity contribution is -0.118. The first-order valence-corrected chi connectivity index (χ1v) is 14.0. The molecule has 0 saturated carbocycles. The number of halogens is 2. The Balaban J connectivity index is 1.67. The highest BCUT2D eigenvalue weighted by Gasteiger charge is 2.45. The molecule has 0 bridgehead atoms. The van der Waals surface area contributed by atoms with E-state index in [1.807, 2.05) is 62.1 Å². The lowest BCUT2D eigenvalue weighted by Gasteiger charge is -2.44. The quantitative estimate of drug-likeness (QED) is 0.337. The summed E-state index contributed by atoms with van der Waals surface area (Å²) >= 11 is 6.19. The van der Waals surface area contributed by atoms with Gasteiger partial charge in [0.25, 0.3) is 0 Å². The SMILES string of the molecule is Cc1cccc(N2C(N)=C(C#N)C(c3cc(C)cc(COc4ccc(F)cc4Cl)c3C)C3=C2CC(C)(C)CC3=O)c1. The van der Waals surface area contributed by atoms with Gasteiger partial charge in [0.2, 0.25) is 0 Å². The Morgan fingerprint density at radius 2 is 1.85 bits per heavy atom. The number of Topliss-reactive ketones (excluding diaryl/α,β-unsaturated/α-hetero) is 1. The molecule has 5 nitrogen and oxygen atoms in total. The van der Waals surface area contributed by atoms with E-state index in [4.69, 9.17) is 22.1 Å². The molecule has 0 aromatic heterocycles. The molecule has 5 rings (SSSR count). The van der Waals surface area contributed by atoms with Crippen LogP contribution in [0.25, 0.3) is 0 Å². The van der Waals surface area contributed by atoms with Gasteiger partial charge in [0.05, 0.1) is 22.6 Å². The number of aryl methyl sites for hydroxylation is 2. The third kappa shape index (κ3) is 5.35. The number of ketones is 1. The average Bonchev–Trinajstić information content (AvgIpc) is 2.88. The van der Waals surface area contributed by atoms with Crippen LogP contribution in [0.3, 0.4) is 0 Å². The van der Waals surface area contributed by atoms with Gasteiger partial charge in [-0.05, 0) is 85.2 Å². The lowest BCUT2D eigenvalue weighted by Crippen LogP contribution is -2.42. The summed E-state index contributed by atoms with van der Waals surface area (Å²) in [5, 5.41) is 10.7. The monoisotopic (exact) mass is 569 g/mol. The van der Waals surface area contributed by atoms with Gasteiger partial charge in [0, 0.05) is 23.4 Å². The molecule has 41 heavy (non-hydrogen) atoms. The number of nitrogens with zero attached hydrogens (tertiary/aromatic N) is 2. The maximum atomic E-state index is 14.0. The summed E-state index contributed by atoms with van der Waals surface area (Å²) in [5.41, 5.74) is 13.9. The number of ether oxygens (including phenoxy) is 1. The van der Waals surface area contributed by atoms with Gasteiger partial charge < -0.3 is 10.5 Å². The number of carbonyl (C=O) groups is 1. The van der Waals surface area contributed by atoms with E-state index in [9.17, 15) is 14.4 Å². The highest BCUT2D eigenvalue weighted by molar-refractivity contribution is 6.32. The second kappa shape index (κ2) is 10.7. The van der Waals surface area contributed by atoms with Crippen LogP contribution in [-0.4, -0.2) is 5.78 Å². The fraction of sp³-hybridized carbons (Fsp3) is 0.294. The number of benzene rings is 3. The highest BCUT2D eigenvalue weighted by atomic mass is 35.5. The third-order valence-electron chi connectivity index (χ3n) is 7.93. The fourth-order valence-electron chi connectivity index (χ4n) is 6.04. The fourth-order valence-corrected chi connectivity index (χ4v) is 6.26.